The molecule has 0 saturated carbocycles. The average molecular weight is 229 g/mol. The van der Waals surface area contributed by atoms with Gasteiger partial charge in [-0.2, -0.15) is 0 Å². The van der Waals surface area contributed by atoms with Gasteiger partial charge in [-0.3, -0.25) is 0 Å². The third kappa shape index (κ3) is 1.88. The van der Waals surface area contributed by atoms with Crippen LogP contribution in [0.2, 0.25) is 0 Å². The van der Waals surface area contributed by atoms with Crippen LogP contribution in [0.15, 0.2) is 36.5 Å². The van der Waals surface area contributed by atoms with Crippen LogP contribution in [-0.2, 0) is 12.8 Å². The van der Waals surface area contributed by atoms with Crippen molar-refractivity contribution in [3.63, 3.8) is 0 Å². The fourth-order valence-electron chi connectivity index (χ4n) is 2.24. The molecule has 0 atom stereocenters. The maximum Gasteiger partial charge on any atom is 0.219 e. The Kier molecular flexibility index (Phi) is 2.52. The quantitative estimate of drug-likeness (QED) is 0.786. The van der Waals surface area contributed by atoms with Gasteiger partial charge in [0.15, 0.2) is 0 Å². The summed E-state index contributed by atoms with van der Waals surface area (Å²) in [6.07, 6.45) is 4.36. The first-order valence-electron chi connectivity index (χ1n) is 5.74. The lowest BCUT2D eigenvalue weighted by atomic mass is 10.1. The number of nitrogens with zero attached hydrogens (tertiary/aromatic N) is 1. The number of hydrogen-bond donors (Lipinski definition) is 0. The average Bonchev–Trinajstić information content (AvgIpc) is 2.84. The molecule has 86 valence electrons. The summed E-state index contributed by atoms with van der Waals surface area (Å²) in [6, 6.07) is 8.66. The first-order chi connectivity index (χ1) is 8.34. The molecule has 0 fully saturated rings. The minimum Gasteiger partial charge on any atom is -0.439 e. The molecule has 1 aliphatic carbocycles. The number of hydrogen-bond acceptors (Lipinski definition) is 2. The Hall–Kier alpha value is -1.90. The molecule has 3 heteroatoms. The van der Waals surface area contributed by atoms with Gasteiger partial charge in [0.05, 0.1) is 0 Å². The first kappa shape index (κ1) is 10.3. The van der Waals surface area contributed by atoms with E-state index in [2.05, 4.69) is 4.98 Å². The molecule has 1 aliphatic rings. The minimum atomic E-state index is -0.120. The maximum atomic E-state index is 13.5. The summed E-state index contributed by atoms with van der Waals surface area (Å²) in [4.78, 5) is 4.11. The van der Waals surface area contributed by atoms with Crippen LogP contribution in [-0.4, -0.2) is 4.98 Å². The van der Waals surface area contributed by atoms with E-state index in [1.807, 2.05) is 12.1 Å². The summed E-state index contributed by atoms with van der Waals surface area (Å²) < 4.78 is 19.2. The van der Waals surface area contributed by atoms with Gasteiger partial charge in [-0.05, 0) is 43.0 Å². The molecule has 0 unspecified atom stereocenters. The molecule has 2 aromatic rings. The van der Waals surface area contributed by atoms with Crippen molar-refractivity contribution in [1.82, 2.24) is 4.98 Å². The van der Waals surface area contributed by atoms with Crippen LogP contribution < -0.4 is 4.74 Å². The summed E-state index contributed by atoms with van der Waals surface area (Å²) >= 11 is 0. The molecular weight excluding hydrogens is 217 g/mol. The Labute approximate surface area is 99.1 Å². The molecule has 1 aromatic heterocycles. The highest BCUT2D eigenvalue weighted by Crippen LogP contribution is 2.34. The van der Waals surface area contributed by atoms with E-state index in [4.69, 9.17) is 4.74 Å². The van der Waals surface area contributed by atoms with Gasteiger partial charge >= 0.3 is 0 Å². The molecule has 0 N–H and O–H groups in total. The highest BCUT2D eigenvalue weighted by molar-refractivity contribution is 5.45. The summed E-state index contributed by atoms with van der Waals surface area (Å²) in [5, 5.41) is 0. The van der Waals surface area contributed by atoms with Crippen LogP contribution in [0.25, 0.3) is 0 Å². The van der Waals surface area contributed by atoms with E-state index in [9.17, 15) is 4.39 Å². The van der Waals surface area contributed by atoms with Crippen molar-refractivity contribution < 1.29 is 9.13 Å². The second-order valence-corrected chi connectivity index (χ2v) is 4.13. The molecule has 0 saturated heterocycles. The van der Waals surface area contributed by atoms with Crippen molar-refractivity contribution in [3.8, 4) is 11.6 Å². The molecule has 1 aromatic carbocycles. The zero-order valence-corrected chi connectivity index (χ0v) is 9.32. The zero-order chi connectivity index (χ0) is 11.7. The van der Waals surface area contributed by atoms with Gasteiger partial charge in [-0.25, -0.2) is 9.37 Å². The summed E-state index contributed by atoms with van der Waals surface area (Å²) in [5.41, 5.74) is 1.80. The predicted molar refractivity (Wildman–Crippen MR) is 62.7 cm³/mol. The zero-order valence-electron chi connectivity index (χ0n) is 9.32. The van der Waals surface area contributed by atoms with E-state index in [-0.39, 0.29) is 5.82 Å². The minimum absolute atomic E-state index is 0.120. The van der Waals surface area contributed by atoms with Gasteiger partial charge in [-0.15, -0.1) is 0 Å². The van der Waals surface area contributed by atoms with E-state index in [1.165, 1.54) is 6.07 Å². The fourth-order valence-corrected chi connectivity index (χ4v) is 2.24. The van der Waals surface area contributed by atoms with Crippen LogP contribution in [0.4, 0.5) is 4.39 Å². The van der Waals surface area contributed by atoms with Crippen molar-refractivity contribution in [2.24, 2.45) is 0 Å². The van der Waals surface area contributed by atoms with Gasteiger partial charge in [0.2, 0.25) is 5.88 Å². The third-order valence-electron chi connectivity index (χ3n) is 3.04. The van der Waals surface area contributed by atoms with Crippen molar-refractivity contribution in [2.45, 2.75) is 19.3 Å². The number of benzene rings is 1. The van der Waals surface area contributed by atoms with Gasteiger partial charge in [-0.1, -0.05) is 6.07 Å². The number of pyridine rings is 1. The molecule has 1 heterocycles. The SMILES string of the molecule is Fc1ccc(Oc2ccccn2)c2c1CCC2. The van der Waals surface area contributed by atoms with E-state index < -0.39 is 0 Å². The number of fused-ring (bicyclic) bond motifs is 1. The smallest absolute Gasteiger partial charge is 0.219 e. The molecule has 17 heavy (non-hydrogen) atoms. The fraction of sp³-hybridized carbons (Fsp3) is 0.214. The summed E-state index contributed by atoms with van der Waals surface area (Å²) in [7, 11) is 0. The monoisotopic (exact) mass is 229 g/mol. The van der Waals surface area contributed by atoms with E-state index in [0.717, 1.165) is 36.1 Å². The molecule has 2 nitrogen and oxygen atoms in total. The Morgan fingerprint density at radius 1 is 1.06 bits per heavy atom. The summed E-state index contributed by atoms with van der Waals surface area (Å²) in [5.74, 6) is 1.16. The maximum absolute atomic E-state index is 13.5. The van der Waals surface area contributed by atoms with Crippen LogP contribution in [0, 0.1) is 5.82 Å². The Morgan fingerprint density at radius 3 is 2.76 bits per heavy atom. The number of halogens is 1. The topological polar surface area (TPSA) is 22.1 Å². The Morgan fingerprint density at radius 2 is 1.94 bits per heavy atom. The predicted octanol–water partition coefficient (Wildman–Crippen LogP) is 3.50. The molecule has 0 spiro atoms. The van der Waals surface area contributed by atoms with Crippen molar-refractivity contribution in [1.29, 1.82) is 0 Å². The highest BCUT2D eigenvalue weighted by Gasteiger charge is 2.20. The van der Waals surface area contributed by atoms with Crippen molar-refractivity contribution in [2.75, 3.05) is 0 Å². The van der Waals surface area contributed by atoms with Crippen LogP contribution >= 0.6 is 0 Å². The third-order valence-corrected chi connectivity index (χ3v) is 3.04. The van der Waals surface area contributed by atoms with Gasteiger partial charge in [0, 0.05) is 17.8 Å². The van der Waals surface area contributed by atoms with Crippen molar-refractivity contribution in [3.05, 3.63) is 53.5 Å². The number of aromatic nitrogens is 1. The standard InChI is InChI=1S/C14H12FNO/c15-12-7-8-13(11-5-3-4-10(11)12)17-14-6-1-2-9-16-14/h1-2,6-9H,3-5H2. The first-order valence-corrected chi connectivity index (χ1v) is 5.74. The van der Waals surface area contributed by atoms with Gasteiger partial charge in [0.1, 0.15) is 11.6 Å². The van der Waals surface area contributed by atoms with Crippen LogP contribution in [0.5, 0.6) is 11.6 Å². The van der Waals surface area contributed by atoms with E-state index in [1.54, 1.807) is 18.3 Å². The van der Waals surface area contributed by atoms with Gasteiger partial charge < -0.3 is 4.74 Å². The highest BCUT2D eigenvalue weighted by atomic mass is 19.1. The lowest BCUT2D eigenvalue weighted by Crippen LogP contribution is -1.95. The van der Waals surface area contributed by atoms with E-state index >= 15 is 0 Å². The second kappa shape index (κ2) is 4.17. The normalized spacial score (nSPS) is 13.5. The molecular formula is C14H12FNO. The Bertz CT molecular complexity index is 539. The molecule has 0 radical (unpaired) electrons. The van der Waals surface area contributed by atoms with Crippen LogP contribution in [0.3, 0.4) is 0 Å². The van der Waals surface area contributed by atoms with Crippen LogP contribution in [0.1, 0.15) is 17.5 Å². The number of ether oxygens (including phenoxy) is 1. The lowest BCUT2D eigenvalue weighted by Gasteiger charge is -2.09. The molecule has 0 aliphatic heterocycles. The lowest BCUT2D eigenvalue weighted by molar-refractivity contribution is 0.456. The number of rotatable bonds is 2. The summed E-state index contributed by atoms with van der Waals surface area (Å²) in [6.45, 7) is 0. The van der Waals surface area contributed by atoms with Gasteiger partial charge in [0.25, 0.3) is 0 Å². The largest absolute Gasteiger partial charge is 0.439 e. The second-order valence-electron chi connectivity index (χ2n) is 4.13. The Balaban J connectivity index is 1.97. The van der Waals surface area contributed by atoms with E-state index in [0.29, 0.717) is 5.88 Å². The molecule has 3 rings (SSSR count). The molecule has 0 bridgehead atoms. The van der Waals surface area contributed by atoms with Crippen molar-refractivity contribution >= 4 is 0 Å². The molecule has 0 amide bonds.